The van der Waals surface area contributed by atoms with E-state index in [1.54, 1.807) is 7.11 Å². The summed E-state index contributed by atoms with van der Waals surface area (Å²) in [5, 5.41) is 9.73. The molecule has 0 saturated heterocycles. The first kappa shape index (κ1) is 29.7. The number of methoxy groups -OCH3 is 1. The van der Waals surface area contributed by atoms with Crippen molar-refractivity contribution in [2.24, 2.45) is 4.99 Å². The number of benzene rings is 2. The number of ether oxygens (including phenoxy) is 3. The van der Waals surface area contributed by atoms with Crippen molar-refractivity contribution in [2.45, 2.75) is 45.2 Å². The lowest BCUT2D eigenvalue weighted by atomic mass is 10.1. The van der Waals surface area contributed by atoms with Crippen LogP contribution in [-0.2, 0) is 22.5 Å². The van der Waals surface area contributed by atoms with Gasteiger partial charge in [0.2, 0.25) is 0 Å². The number of halogens is 1. The summed E-state index contributed by atoms with van der Waals surface area (Å²) in [4.78, 5) is 16.5. The lowest BCUT2D eigenvalue weighted by molar-refractivity contribution is -0.123. The van der Waals surface area contributed by atoms with Crippen molar-refractivity contribution in [1.82, 2.24) is 16.0 Å². The van der Waals surface area contributed by atoms with Crippen LogP contribution in [0.1, 0.15) is 37.3 Å². The molecule has 3 N–H and O–H groups in total. The molecule has 0 aromatic heterocycles. The summed E-state index contributed by atoms with van der Waals surface area (Å²) in [5.74, 6) is 2.25. The van der Waals surface area contributed by atoms with Crippen LogP contribution in [0.2, 0.25) is 0 Å². The Morgan fingerprint density at radius 1 is 0.972 bits per heavy atom. The Kier molecular flexibility index (Phi) is 14.0. The van der Waals surface area contributed by atoms with E-state index in [9.17, 15) is 4.79 Å². The Balaban J connectivity index is 0.00000456. The quantitative estimate of drug-likeness (QED) is 0.123. The number of guanidine groups is 1. The van der Waals surface area contributed by atoms with Gasteiger partial charge in [0.25, 0.3) is 5.91 Å². The molecule has 0 heterocycles. The van der Waals surface area contributed by atoms with E-state index in [0.717, 1.165) is 69.3 Å². The fourth-order valence-corrected chi connectivity index (χ4v) is 3.32. The molecule has 0 aliphatic heterocycles. The van der Waals surface area contributed by atoms with Crippen LogP contribution in [0.4, 0.5) is 0 Å². The van der Waals surface area contributed by atoms with Gasteiger partial charge in [0.15, 0.2) is 12.6 Å². The Morgan fingerprint density at radius 2 is 1.64 bits per heavy atom. The second kappa shape index (κ2) is 17.0. The van der Waals surface area contributed by atoms with E-state index in [2.05, 4.69) is 16.0 Å². The molecule has 0 spiro atoms. The summed E-state index contributed by atoms with van der Waals surface area (Å²) >= 11 is 0. The number of nitrogens with one attached hydrogen (secondary N) is 3. The molecular formula is C27H39IN4O4. The SMILES string of the molecule is CCOCCCNC(=NCc1ccc(OC)cc1)NCCc1ccc(OCC(=O)NC2CC2)cc1.I. The third-order valence-electron chi connectivity index (χ3n) is 5.48. The zero-order chi connectivity index (χ0) is 24.7. The number of amides is 1. The van der Waals surface area contributed by atoms with E-state index >= 15 is 0 Å². The predicted molar refractivity (Wildman–Crippen MR) is 153 cm³/mol. The molecule has 2 aromatic rings. The molecular weight excluding hydrogens is 571 g/mol. The number of carbonyl (C=O) groups excluding carboxylic acids is 1. The molecule has 198 valence electrons. The third kappa shape index (κ3) is 11.9. The Labute approximate surface area is 231 Å². The van der Waals surface area contributed by atoms with Gasteiger partial charge < -0.3 is 30.2 Å². The third-order valence-corrected chi connectivity index (χ3v) is 5.48. The lowest BCUT2D eigenvalue weighted by Crippen LogP contribution is -2.39. The Morgan fingerprint density at radius 3 is 2.31 bits per heavy atom. The molecule has 8 nitrogen and oxygen atoms in total. The molecule has 1 fully saturated rings. The largest absolute Gasteiger partial charge is 0.497 e. The topological polar surface area (TPSA) is 93.2 Å². The summed E-state index contributed by atoms with van der Waals surface area (Å²) in [6, 6.07) is 16.2. The highest BCUT2D eigenvalue weighted by atomic mass is 127. The van der Waals surface area contributed by atoms with Crippen LogP contribution in [0.25, 0.3) is 0 Å². The van der Waals surface area contributed by atoms with Crippen molar-refractivity contribution in [3.05, 3.63) is 59.7 Å². The zero-order valence-corrected chi connectivity index (χ0v) is 23.6. The average Bonchev–Trinajstić information content (AvgIpc) is 3.70. The van der Waals surface area contributed by atoms with Crippen molar-refractivity contribution >= 4 is 35.8 Å². The van der Waals surface area contributed by atoms with Gasteiger partial charge in [-0.3, -0.25) is 4.79 Å². The van der Waals surface area contributed by atoms with Crippen LogP contribution in [0.15, 0.2) is 53.5 Å². The minimum atomic E-state index is -0.0593. The van der Waals surface area contributed by atoms with Gasteiger partial charge in [-0.15, -0.1) is 24.0 Å². The van der Waals surface area contributed by atoms with Gasteiger partial charge >= 0.3 is 0 Å². The summed E-state index contributed by atoms with van der Waals surface area (Å²) in [6.07, 6.45) is 3.90. The normalized spacial score (nSPS) is 12.9. The van der Waals surface area contributed by atoms with Gasteiger partial charge in [0.1, 0.15) is 11.5 Å². The second-order valence-corrected chi connectivity index (χ2v) is 8.44. The second-order valence-electron chi connectivity index (χ2n) is 8.44. The van der Waals surface area contributed by atoms with Crippen LogP contribution in [0, 0.1) is 0 Å². The highest BCUT2D eigenvalue weighted by Gasteiger charge is 2.23. The fourth-order valence-electron chi connectivity index (χ4n) is 3.32. The predicted octanol–water partition coefficient (Wildman–Crippen LogP) is 3.68. The highest BCUT2D eigenvalue weighted by molar-refractivity contribution is 14.0. The summed E-state index contributed by atoms with van der Waals surface area (Å²) in [6.45, 7) is 5.62. The van der Waals surface area contributed by atoms with E-state index in [1.807, 2.05) is 55.5 Å². The van der Waals surface area contributed by atoms with Crippen molar-refractivity contribution in [3.63, 3.8) is 0 Å². The molecule has 9 heteroatoms. The summed E-state index contributed by atoms with van der Waals surface area (Å²) in [5.41, 5.74) is 2.29. The molecule has 1 saturated carbocycles. The molecule has 1 aliphatic carbocycles. The van der Waals surface area contributed by atoms with E-state index in [0.29, 0.717) is 18.3 Å². The van der Waals surface area contributed by atoms with Gasteiger partial charge in [-0.2, -0.15) is 0 Å². The molecule has 0 unspecified atom stereocenters. The highest BCUT2D eigenvalue weighted by Crippen LogP contribution is 2.18. The summed E-state index contributed by atoms with van der Waals surface area (Å²) < 4.78 is 16.2. The standard InChI is InChI=1S/C27H38N4O4.HI/c1-3-34-18-4-16-28-27(30-19-22-7-11-24(33-2)12-8-22)29-17-15-21-5-13-25(14-6-21)35-20-26(32)31-23-9-10-23;/h5-8,11-14,23H,3-4,9-10,15-20H2,1-2H3,(H,31,32)(H2,28,29,30);1H. The van der Waals surface area contributed by atoms with Crippen molar-refractivity contribution in [3.8, 4) is 11.5 Å². The monoisotopic (exact) mass is 610 g/mol. The molecule has 1 aliphatic rings. The Hall–Kier alpha value is -2.53. The molecule has 36 heavy (non-hydrogen) atoms. The Bertz CT molecular complexity index is 918. The molecule has 0 atom stereocenters. The van der Waals surface area contributed by atoms with E-state index in [4.69, 9.17) is 19.2 Å². The molecule has 3 rings (SSSR count). The van der Waals surface area contributed by atoms with Gasteiger partial charge in [-0.1, -0.05) is 24.3 Å². The number of hydrogen-bond donors (Lipinski definition) is 3. The van der Waals surface area contributed by atoms with Crippen LogP contribution in [-0.4, -0.2) is 57.9 Å². The van der Waals surface area contributed by atoms with Gasteiger partial charge in [-0.25, -0.2) is 4.99 Å². The smallest absolute Gasteiger partial charge is 0.258 e. The first-order valence-electron chi connectivity index (χ1n) is 12.4. The number of aliphatic imine (C=N–C) groups is 1. The number of rotatable bonds is 15. The molecule has 0 bridgehead atoms. The minimum Gasteiger partial charge on any atom is -0.497 e. The van der Waals surface area contributed by atoms with E-state index in [1.165, 1.54) is 5.56 Å². The van der Waals surface area contributed by atoms with Crippen LogP contribution >= 0.6 is 24.0 Å². The first-order valence-corrected chi connectivity index (χ1v) is 12.4. The lowest BCUT2D eigenvalue weighted by Gasteiger charge is -2.13. The maximum atomic E-state index is 11.8. The minimum absolute atomic E-state index is 0. The van der Waals surface area contributed by atoms with E-state index < -0.39 is 0 Å². The first-order chi connectivity index (χ1) is 17.2. The average molecular weight is 611 g/mol. The van der Waals surface area contributed by atoms with Crippen LogP contribution < -0.4 is 25.4 Å². The molecule has 1 amide bonds. The maximum Gasteiger partial charge on any atom is 0.258 e. The number of hydrogen-bond acceptors (Lipinski definition) is 5. The van der Waals surface area contributed by atoms with Crippen molar-refractivity contribution < 1.29 is 19.0 Å². The van der Waals surface area contributed by atoms with Gasteiger partial charge in [0, 0.05) is 32.3 Å². The van der Waals surface area contributed by atoms with Gasteiger partial charge in [0.05, 0.1) is 13.7 Å². The van der Waals surface area contributed by atoms with Crippen molar-refractivity contribution in [1.29, 1.82) is 0 Å². The fraction of sp³-hybridized carbons (Fsp3) is 0.481. The van der Waals surface area contributed by atoms with Crippen LogP contribution in [0.5, 0.6) is 11.5 Å². The molecule has 2 aromatic carbocycles. The number of carbonyl (C=O) groups is 1. The van der Waals surface area contributed by atoms with Crippen LogP contribution in [0.3, 0.4) is 0 Å². The zero-order valence-electron chi connectivity index (χ0n) is 21.3. The number of nitrogens with zero attached hydrogens (tertiary/aromatic N) is 1. The summed E-state index contributed by atoms with van der Waals surface area (Å²) in [7, 11) is 1.66. The van der Waals surface area contributed by atoms with E-state index in [-0.39, 0.29) is 36.5 Å². The van der Waals surface area contributed by atoms with Gasteiger partial charge in [-0.05, 0) is 68.0 Å². The molecule has 0 radical (unpaired) electrons. The maximum absolute atomic E-state index is 11.8. The van der Waals surface area contributed by atoms with Crippen molar-refractivity contribution in [2.75, 3.05) is 40.0 Å².